The average molecular weight is 193 g/mol. The third kappa shape index (κ3) is 3.69. The van der Waals surface area contributed by atoms with Gasteiger partial charge in [-0.15, -0.1) is 0 Å². The first-order chi connectivity index (χ1) is 6.72. The fraction of sp³-hybridized carbons (Fsp3) is 0.500. The SMILES string of the molecule is CCC(C)CCOc1ccc(N)cc1. The van der Waals surface area contributed by atoms with Crippen LogP contribution in [0.1, 0.15) is 26.7 Å². The van der Waals surface area contributed by atoms with Crippen LogP contribution < -0.4 is 10.5 Å². The molecule has 1 unspecified atom stereocenters. The molecule has 2 nitrogen and oxygen atoms in total. The number of nitrogen functional groups attached to an aromatic ring is 1. The number of benzene rings is 1. The lowest BCUT2D eigenvalue weighted by Gasteiger charge is -2.09. The van der Waals surface area contributed by atoms with Crippen LogP contribution in [0.4, 0.5) is 5.69 Å². The molecular weight excluding hydrogens is 174 g/mol. The lowest BCUT2D eigenvalue weighted by Crippen LogP contribution is -2.03. The van der Waals surface area contributed by atoms with E-state index in [1.807, 2.05) is 24.3 Å². The molecule has 0 aliphatic rings. The summed E-state index contributed by atoms with van der Waals surface area (Å²) in [6, 6.07) is 7.54. The van der Waals surface area contributed by atoms with E-state index < -0.39 is 0 Å². The highest BCUT2D eigenvalue weighted by molar-refractivity contribution is 5.41. The summed E-state index contributed by atoms with van der Waals surface area (Å²) in [6.45, 7) is 5.24. The fourth-order valence-corrected chi connectivity index (χ4v) is 1.15. The van der Waals surface area contributed by atoms with E-state index in [0.717, 1.165) is 30.4 Å². The van der Waals surface area contributed by atoms with Gasteiger partial charge in [0.2, 0.25) is 0 Å². The normalized spacial score (nSPS) is 12.4. The molecule has 2 heteroatoms. The number of ether oxygens (including phenoxy) is 1. The molecule has 0 radical (unpaired) electrons. The molecule has 0 bridgehead atoms. The molecule has 0 amide bonds. The van der Waals surface area contributed by atoms with E-state index in [4.69, 9.17) is 10.5 Å². The van der Waals surface area contributed by atoms with Gasteiger partial charge in [0.25, 0.3) is 0 Å². The predicted molar refractivity (Wildman–Crippen MR) is 60.4 cm³/mol. The maximum atomic E-state index is 5.58. The number of nitrogens with two attached hydrogens (primary N) is 1. The second-order valence-corrected chi connectivity index (χ2v) is 3.72. The molecule has 0 spiro atoms. The molecule has 2 N–H and O–H groups in total. The second-order valence-electron chi connectivity index (χ2n) is 3.72. The van der Waals surface area contributed by atoms with Gasteiger partial charge < -0.3 is 10.5 Å². The Kier molecular flexibility index (Phi) is 4.30. The van der Waals surface area contributed by atoms with E-state index in [0.29, 0.717) is 0 Å². The van der Waals surface area contributed by atoms with Crippen LogP contribution in [0.5, 0.6) is 5.75 Å². The Labute approximate surface area is 86.1 Å². The van der Waals surface area contributed by atoms with Gasteiger partial charge in [-0.25, -0.2) is 0 Å². The zero-order chi connectivity index (χ0) is 10.4. The fourth-order valence-electron chi connectivity index (χ4n) is 1.15. The largest absolute Gasteiger partial charge is 0.494 e. The van der Waals surface area contributed by atoms with E-state index in [1.54, 1.807) is 0 Å². The molecule has 0 aliphatic heterocycles. The molecule has 0 heterocycles. The zero-order valence-corrected chi connectivity index (χ0v) is 8.99. The van der Waals surface area contributed by atoms with E-state index in [-0.39, 0.29) is 0 Å². The Morgan fingerprint density at radius 2 is 1.93 bits per heavy atom. The maximum absolute atomic E-state index is 5.58. The molecule has 1 aromatic carbocycles. The van der Waals surface area contributed by atoms with E-state index in [2.05, 4.69) is 13.8 Å². The third-order valence-electron chi connectivity index (χ3n) is 2.46. The Morgan fingerprint density at radius 3 is 2.50 bits per heavy atom. The van der Waals surface area contributed by atoms with Crippen LogP contribution in [0.2, 0.25) is 0 Å². The molecule has 0 saturated heterocycles. The topological polar surface area (TPSA) is 35.2 Å². The minimum absolute atomic E-state index is 0.740. The minimum Gasteiger partial charge on any atom is -0.494 e. The minimum atomic E-state index is 0.740. The first-order valence-electron chi connectivity index (χ1n) is 5.20. The van der Waals surface area contributed by atoms with Gasteiger partial charge in [0.15, 0.2) is 0 Å². The molecule has 0 aromatic heterocycles. The van der Waals surface area contributed by atoms with Crippen molar-refractivity contribution in [3.05, 3.63) is 24.3 Å². The smallest absolute Gasteiger partial charge is 0.119 e. The van der Waals surface area contributed by atoms with Gasteiger partial charge in [-0.1, -0.05) is 20.3 Å². The van der Waals surface area contributed by atoms with Gasteiger partial charge in [-0.2, -0.15) is 0 Å². The van der Waals surface area contributed by atoms with Gasteiger partial charge in [-0.05, 0) is 36.6 Å². The van der Waals surface area contributed by atoms with Crippen molar-refractivity contribution in [2.75, 3.05) is 12.3 Å². The summed E-state index contributed by atoms with van der Waals surface area (Å²) in [5.41, 5.74) is 6.35. The van der Waals surface area contributed by atoms with Crippen molar-refractivity contribution in [1.82, 2.24) is 0 Å². The summed E-state index contributed by atoms with van der Waals surface area (Å²) in [5, 5.41) is 0. The number of hydrogen-bond acceptors (Lipinski definition) is 2. The van der Waals surface area contributed by atoms with Crippen molar-refractivity contribution in [3.63, 3.8) is 0 Å². The first kappa shape index (κ1) is 10.9. The maximum Gasteiger partial charge on any atom is 0.119 e. The van der Waals surface area contributed by atoms with E-state index in [9.17, 15) is 0 Å². The van der Waals surface area contributed by atoms with Crippen LogP contribution >= 0.6 is 0 Å². The lowest BCUT2D eigenvalue weighted by atomic mass is 10.1. The van der Waals surface area contributed by atoms with Crippen LogP contribution in [-0.2, 0) is 0 Å². The summed E-state index contributed by atoms with van der Waals surface area (Å²) in [4.78, 5) is 0. The highest BCUT2D eigenvalue weighted by atomic mass is 16.5. The highest BCUT2D eigenvalue weighted by Crippen LogP contribution is 2.14. The van der Waals surface area contributed by atoms with Gasteiger partial charge >= 0.3 is 0 Å². The summed E-state index contributed by atoms with van der Waals surface area (Å²) < 4.78 is 5.58. The summed E-state index contributed by atoms with van der Waals surface area (Å²) in [6.07, 6.45) is 2.33. The molecule has 78 valence electrons. The highest BCUT2D eigenvalue weighted by Gasteiger charge is 1.99. The van der Waals surface area contributed by atoms with Crippen LogP contribution in [0.3, 0.4) is 0 Å². The Hall–Kier alpha value is -1.18. The Morgan fingerprint density at radius 1 is 1.29 bits per heavy atom. The van der Waals surface area contributed by atoms with E-state index >= 15 is 0 Å². The van der Waals surface area contributed by atoms with Crippen LogP contribution in [0, 0.1) is 5.92 Å². The molecular formula is C12H19NO. The second kappa shape index (κ2) is 5.53. The molecule has 0 fully saturated rings. The summed E-state index contributed by atoms with van der Waals surface area (Å²) in [7, 11) is 0. The number of rotatable bonds is 5. The summed E-state index contributed by atoms with van der Waals surface area (Å²) in [5.74, 6) is 1.64. The van der Waals surface area contributed by atoms with Crippen molar-refractivity contribution >= 4 is 5.69 Å². The van der Waals surface area contributed by atoms with Gasteiger partial charge in [0.05, 0.1) is 6.61 Å². The first-order valence-corrected chi connectivity index (χ1v) is 5.20. The molecule has 14 heavy (non-hydrogen) atoms. The van der Waals surface area contributed by atoms with Gasteiger partial charge in [-0.3, -0.25) is 0 Å². The monoisotopic (exact) mass is 193 g/mol. The molecule has 0 saturated carbocycles. The standard InChI is InChI=1S/C12H19NO/c1-3-10(2)8-9-14-12-6-4-11(13)5-7-12/h4-7,10H,3,8-9,13H2,1-2H3. The van der Waals surface area contributed by atoms with Crippen molar-refractivity contribution in [2.24, 2.45) is 5.92 Å². The predicted octanol–water partition coefficient (Wildman–Crippen LogP) is 3.08. The summed E-state index contributed by atoms with van der Waals surface area (Å²) >= 11 is 0. The average Bonchev–Trinajstić information content (AvgIpc) is 2.21. The quantitative estimate of drug-likeness (QED) is 0.729. The van der Waals surface area contributed by atoms with Crippen molar-refractivity contribution in [1.29, 1.82) is 0 Å². The zero-order valence-electron chi connectivity index (χ0n) is 8.99. The van der Waals surface area contributed by atoms with Crippen LogP contribution in [0.25, 0.3) is 0 Å². The van der Waals surface area contributed by atoms with Crippen LogP contribution in [0.15, 0.2) is 24.3 Å². The Bertz CT molecular complexity index is 256. The van der Waals surface area contributed by atoms with Gasteiger partial charge in [0.1, 0.15) is 5.75 Å². The number of anilines is 1. The van der Waals surface area contributed by atoms with Crippen molar-refractivity contribution in [2.45, 2.75) is 26.7 Å². The van der Waals surface area contributed by atoms with E-state index in [1.165, 1.54) is 6.42 Å². The van der Waals surface area contributed by atoms with Crippen LogP contribution in [-0.4, -0.2) is 6.61 Å². The molecule has 1 atom stereocenters. The molecule has 1 rings (SSSR count). The lowest BCUT2D eigenvalue weighted by molar-refractivity contribution is 0.282. The Balaban J connectivity index is 2.28. The van der Waals surface area contributed by atoms with Crippen molar-refractivity contribution < 1.29 is 4.74 Å². The van der Waals surface area contributed by atoms with Gasteiger partial charge in [0, 0.05) is 5.69 Å². The molecule has 1 aromatic rings. The number of hydrogen-bond donors (Lipinski definition) is 1. The van der Waals surface area contributed by atoms with Crippen molar-refractivity contribution in [3.8, 4) is 5.75 Å². The third-order valence-corrected chi connectivity index (χ3v) is 2.46. The molecule has 0 aliphatic carbocycles.